The molecular weight excluding hydrogens is 399 g/mol. The molecule has 5 rings (SSSR count). The summed E-state index contributed by atoms with van der Waals surface area (Å²) in [4.78, 5) is 12.1. The molecule has 1 fully saturated rings. The molecule has 0 amide bonds. The standard InChI is InChI=1S/C27H27FN4/c28-23-12-10-22(11-13-23)19-29-26-24-8-4-5-9-25(24)30-27(31-26)32-16-14-21(15-17-32)18-20-6-2-1-3-7-20/h1-13,21H,14-19H2,(H,29,30,31). The highest BCUT2D eigenvalue weighted by atomic mass is 19.1. The second-order valence-electron chi connectivity index (χ2n) is 8.49. The molecule has 1 aromatic heterocycles. The first-order valence-corrected chi connectivity index (χ1v) is 11.3. The zero-order chi connectivity index (χ0) is 21.8. The van der Waals surface area contributed by atoms with Gasteiger partial charge in [-0.2, -0.15) is 4.98 Å². The van der Waals surface area contributed by atoms with E-state index in [1.165, 1.54) is 17.7 Å². The number of halogens is 1. The molecule has 0 bridgehead atoms. The van der Waals surface area contributed by atoms with E-state index in [-0.39, 0.29) is 5.82 Å². The van der Waals surface area contributed by atoms with E-state index in [4.69, 9.17) is 9.97 Å². The fraction of sp³-hybridized carbons (Fsp3) is 0.259. The van der Waals surface area contributed by atoms with Crippen molar-refractivity contribution in [1.29, 1.82) is 0 Å². The molecule has 1 aliphatic heterocycles. The minimum absolute atomic E-state index is 0.223. The Morgan fingerprint density at radius 2 is 1.53 bits per heavy atom. The normalized spacial score (nSPS) is 14.6. The van der Waals surface area contributed by atoms with E-state index in [1.54, 1.807) is 12.1 Å². The van der Waals surface area contributed by atoms with Gasteiger partial charge in [0, 0.05) is 25.0 Å². The van der Waals surface area contributed by atoms with Crippen molar-refractivity contribution in [2.45, 2.75) is 25.8 Å². The third-order valence-electron chi connectivity index (χ3n) is 6.23. The predicted octanol–water partition coefficient (Wildman–Crippen LogP) is 5.84. The lowest BCUT2D eigenvalue weighted by atomic mass is 9.90. The topological polar surface area (TPSA) is 41.1 Å². The van der Waals surface area contributed by atoms with Gasteiger partial charge in [0.2, 0.25) is 5.95 Å². The van der Waals surface area contributed by atoms with Crippen LogP contribution >= 0.6 is 0 Å². The van der Waals surface area contributed by atoms with Gasteiger partial charge in [0.1, 0.15) is 11.6 Å². The van der Waals surface area contributed by atoms with Gasteiger partial charge in [0.15, 0.2) is 0 Å². The fourth-order valence-corrected chi connectivity index (χ4v) is 4.41. The van der Waals surface area contributed by atoms with Gasteiger partial charge in [-0.1, -0.05) is 54.6 Å². The van der Waals surface area contributed by atoms with Gasteiger partial charge in [-0.25, -0.2) is 9.37 Å². The van der Waals surface area contributed by atoms with Gasteiger partial charge in [-0.05, 0) is 60.6 Å². The van der Waals surface area contributed by atoms with Crippen molar-refractivity contribution in [1.82, 2.24) is 9.97 Å². The molecule has 4 nitrogen and oxygen atoms in total. The number of aromatic nitrogens is 2. The van der Waals surface area contributed by atoms with Crippen LogP contribution in [0.4, 0.5) is 16.2 Å². The molecule has 1 saturated heterocycles. The summed E-state index contributed by atoms with van der Waals surface area (Å²) in [6.07, 6.45) is 3.42. The third kappa shape index (κ3) is 4.72. The summed E-state index contributed by atoms with van der Waals surface area (Å²) in [5.74, 6) is 2.08. The predicted molar refractivity (Wildman–Crippen MR) is 128 cm³/mol. The van der Waals surface area contributed by atoms with Crippen molar-refractivity contribution in [2.24, 2.45) is 5.92 Å². The van der Waals surface area contributed by atoms with E-state index >= 15 is 0 Å². The number of para-hydroxylation sites is 1. The molecule has 0 radical (unpaired) electrons. The van der Waals surface area contributed by atoms with Crippen LogP contribution in [0.1, 0.15) is 24.0 Å². The van der Waals surface area contributed by atoms with Crippen molar-refractivity contribution in [2.75, 3.05) is 23.3 Å². The number of nitrogens with one attached hydrogen (secondary N) is 1. The molecular formula is C27H27FN4. The van der Waals surface area contributed by atoms with Gasteiger partial charge < -0.3 is 10.2 Å². The Morgan fingerprint density at radius 3 is 2.31 bits per heavy atom. The maximum atomic E-state index is 13.2. The van der Waals surface area contributed by atoms with Crippen LogP contribution in [0.25, 0.3) is 10.9 Å². The zero-order valence-corrected chi connectivity index (χ0v) is 18.0. The van der Waals surface area contributed by atoms with Crippen LogP contribution in [-0.4, -0.2) is 23.1 Å². The number of piperidine rings is 1. The van der Waals surface area contributed by atoms with E-state index < -0.39 is 0 Å². The molecule has 1 aliphatic rings. The van der Waals surface area contributed by atoms with Gasteiger partial charge in [0.25, 0.3) is 0 Å². The van der Waals surface area contributed by atoms with E-state index in [2.05, 4.69) is 40.5 Å². The van der Waals surface area contributed by atoms with Crippen LogP contribution in [0, 0.1) is 11.7 Å². The van der Waals surface area contributed by atoms with Crippen LogP contribution in [0.3, 0.4) is 0 Å². The molecule has 32 heavy (non-hydrogen) atoms. The Hall–Kier alpha value is -3.47. The highest BCUT2D eigenvalue weighted by Crippen LogP contribution is 2.28. The van der Waals surface area contributed by atoms with Crippen LogP contribution in [0.5, 0.6) is 0 Å². The quantitative estimate of drug-likeness (QED) is 0.421. The molecule has 5 heteroatoms. The summed E-state index contributed by atoms with van der Waals surface area (Å²) < 4.78 is 13.2. The number of anilines is 2. The smallest absolute Gasteiger partial charge is 0.227 e. The molecule has 0 spiro atoms. The molecule has 0 atom stereocenters. The highest BCUT2D eigenvalue weighted by molar-refractivity contribution is 5.90. The summed E-state index contributed by atoms with van der Waals surface area (Å²) >= 11 is 0. The van der Waals surface area contributed by atoms with Crippen molar-refractivity contribution in [3.05, 3.63) is 95.8 Å². The number of nitrogens with zero attached hydrogens (tertiary/aromatic N) is 3. The number of rotatable bonds is 6. The second kappa shape index (κ2) is 9.35. The number of benzene rings is 3. The first kappa shape index (κ1) is 20.4. The first-order valence-electron chi connectivity index (χ1n) is 11.3. The van der Waals surface area contributed by atoms with E-state index in [0.717, 1.165) is 60.6 Å². The van der Waals surface area contributed by atoms with Gasteiger partial charge >= 0.3 is 0 Å². The monoisotopic (exact) mass is 426 g/mol. The van der Waals surface area contributed by atoms with Crippen LogP contribution < -0.4 is 10.2 Å². The number of hydrogen-bond donors (Lipinski definition) is 1. The Kier molecular flexibility index (Phi) is 5.97. The summed E-state index contributed by atoms with van der Waals surface area (Å²) in [5, 5.41) is 4.44. The molecule has 1 N–H and O–H groups in total. The zero-order valence-electron chi connectivity index (χ0n) is 18.0. The second-order valence-corrected chi connectivity index (χ2v) is 8.49. The summed E-state index contributed by atoms with van der Waals surface area (Å²) in [6, 6.07) is 25.4. The molecule has 4 aromatic rings. The Morgan fingerprint density at radius 1 is 0.812 bits per heavy atom. The van der Waals surface area contributed by atoms with Crippen molar-refractivity contribution >= 4 is 22.7 Å². The summed E-state index contributed by atoms with van der Waals surface area (Å²) in [7, 11) is 0. The summed E-state index contributed by atoms with van der Waals surface area (Å²) in [6.45, 7) is 2.51. The van der Waals surface area contributed by atoms with Crippen LogP contribution in [-0.2, 0) is 13.0 Å². The SMILES string of the molecule is Fc1ccc(CNc2nc(N3CCC(Cc4ccccc4)CC3)nc3ccccc23)cc1. The largest absolute Gasteiger partial charge is 0.365 e. The van der Waals surface area contributed by atoms with Crippen molar-refractivity contribution in [3.8, 4) is 0 Å². The average molecular weight is 427 g/mol. The molecule has 0 unspecified atom stereocenters. The van der Waals surface area contributed by atoms with Gasteiger partial charge in [-0.3, -0.25) is 0 Å². The maximum Gasteiger partial charge on any atom is 0.227 e. The lowest BCUT2D eigenvalue weighted by Crippen LogP contribution is -2.35. The minimum atomic E-state index is -0.223. The minimum Gasteiger partial charge on any atom is -0.365 e. The van der Waals surface area contributed by atoms with Crippen molar-refractivity contribution in [3.63, 3.8) is 0 Å². The number of hydrogen-bond acceptors (Lipinski definition) is 4. The molecule has 3 aromatic carbocycles. The van der Waals surface area contributed by atoms with Crippen LogP contribution in [0.15, 0.2) is 78.9 Å². The van der Waals surface area contributed by atoms with E-state index in [0.29, 0.717) is 12.5 Å². The lowest BCUT2D eigenvalue weighted by Gasteiger charge is -2.32. The van der Waals surface area contributed by atoms with Gasteiger partial charge in [-0.15, -0.1) is 0 Å². The van der Waals surface area contributed by atoms with E-state index in [9.17, 15) is 4.39 Å². The average Bonchev–Trinajstić information content (AvgIpc) is 2.84. The molecule has 162 valence electrons. The van der Waals surface area contributed by atoms with Crippen molar-refractivity contribution < 1.29 is 4.39 Å². The third-order valence-corrected chi connectivity index (χ3v) is 6.23. The molecule has 0 saturated carbocycles. The Balaban J connectivity index is 1.31. The first-order chi connectivity index (χ1) is 15.7. The maximum absolute atomic E-state index is 13.2. The van der Waals surface area contributed by atoms with Crippen LogP contribution in [0.2, 0.25) is 0 Å². The Bertz CT molecular complexity index is 1170. The highest BCUT2D eigenvalue weighted by Gasteiger charge is 2.22. The van der Waals surface area contributed by atoms with Gasteiger partial charge in [0.05, 0.1) is 5.52 Å². The Labute approximate surface area is 188 Å². The van der Waals surface area contributed by atoms with E-state index in [1.807, 2.05) is 24.3 Å². The fourth-order valence-electron chi connectivity index (χ4n) is 4.41. The molecule has 0 aliphatic carbocycles. The molecule has 2 heterocycles. The lowest BCUT2D eigenvalue weighted by molar-refractivity contribution is 0.401. The number of fused-ring (bicyclic) bond motifs is 1. The summed E-state index contributed by atoms with van der Waals surface area (Å²) in [5.41, 5.74) is 3.36.